The van der Waals surface area contributed by atoms with Crippen LogP contribution in [0.3, 0.4) is 0 Å². The first-order chi connectivity index (χ1) is 13.5. The number of anilines is 2. The molecule has 28 heavy (non-hydrogen) atoms. The Kier molecular flexibility index (Phi) is 5.65. The lowest BCUT2D eigenvalue weighted by Gasteiger charge is -2.26. The third-order valence-electron chi connectivity index (χ3n) is 4.36. The van der Waals surface area contributed by atoms with Crippen LogP contribution >= 0.6 is 22.9 Å². The molecule has 1 saturated heterocycles. The number of hydrogen-bond donors (Lipinski definition) is 1. The summed E-state index contributed by atoms with van der Waals surface area (Å²) in [5.74, 6) is 0. The number of halogens is 1. The molecule has 146 valence electrons. The minimum atomic E-state index is -3.49. The molecule has 1 aromatic heterocycles. The molecule has 0 bridgehead atoms. The van der Waals surface area contributed by atoms with Gasteiger partial charge in [-0.05, 0) is 36.4 Å². The van der Waals surface area contributed by atoms with E-state index in [0.29, 0.717) is 31.3 Å². The van der Waals surface area contributed by atoms with Gasteiger partial charge < -0.3 is 10.1 Å². The Bertz CT molecular complexity index is 1040. The second-order valence-corrected chi connectivity index (χ2v) is 9.44. The summed E-state index contributed by atoms with van der Waals surface area (Å²) >= 11 is 7.38. The minimum absolute atomic E-state index is 0.285. The van der Waals surface area contributed by atoms with E-state index in [2.05, 4.69) is 10.3 Å². The van der Waals surface area contributed by atoms with Crippen LogP contribution in [-0.2, 0) is 14.8 Å². The Morgan fingerprint density at radius 1 is 1.04 bits per heavy atom. The van der Waals surface area contributed by atoms with Crippen LogP contribution in [0.15, 0.2) is 58.8 Å². The molecule has 0 spiro atoms. The third-order valence-corrected chi connectivity index (χ3v) is 7.28. The van der Waals surface area contributed by atoms with Crippen molar-refractivity contribution in [3.8, 4) is 11.3 Å². The first-order valence-corrected chi connectivity index (χ1v) is 11.4. The van der Waals surface area contributed by atoms with Gasteiger partial charge in [0.1, 0.15) is 0 Å². The standard InChI is InChI=1S/C19H18ClN3O3S2/c20-15-3-5-16(6-4-15)21-19-22-18(13-27-19)14-1-7-17(8-2-14)28(24,25)23-9-11-26-12-10-23/h1-8,13H,9-12H2,(H,21,22). The van der Waals surface area contributed by atoms with Gasteiger partial charge in [-0.3, -0.25) is 0 Å². The summed E-state index contributed by atoms with van der Waals surface area (Å²) in [5.41, 5.74) is 2.55. The Morgan fingerprint density at radius 3 is 2.39 bits per heavy atom. The molecule has 0 radical (unpaired) electrons. The van der Waals surface area contributed by atoms with Crippen LogP contribution in [0.1, 0.15) is 0 Å². The maximum Gasteiger partial charge on any atom is 0.243 e. The van der Waals surface area contributed by atoms with Gasteiger partial charge in [0, 0.05) is 34.7 Å². The number of ether oxygens (including phenoxy) is 1. The summed E-state index contributed by atoms with van der Waals surface area (Å²) in [7, 11) is -3.49. The fourth-order valence-electron chi connectivity index (χ4n) is 2.85. The third kappa shape index (κ3) is 4.21. The van der Waals surface area contributed by atoms with E-state index >= 15 is 0 Å². The number of rotatable bonds is 5. The molecule has 1 fully saturated rings. The van der Waals surface area contributed by atoms with Crippen molar-refractivity contribution in [1.82, 2.24) is 9.29 Å². The summed E-state index contributed by atoms with van der Waals surface area (Å²) < 4.78 is 32.1. The normalized spacial score (nSPS) is 15.5. The number of morpholine rings is 1. The fourth-order valence-corrected chi connectivity index (χ4v) is 5.13. The summed E-state index contributed by atoms with van der Waals surface area (Å²) in [6, 6.07) is 14.2. The fraction of sp³-hybridized carbons (Fsp3) is 0.211. The molecule has 0 atom stereocenters. The van der Waals surface area contributed by atoms with Gasteiger partial charge in [0.25, 0.3) is 0 Å². The predicted molar refractivity (Wildman–Crippen MR) is 112 cm³/mol. The molecule has 0 aliphatic carbocycles. The van der Waals surface area contributed by atoms with Crippen LogP contribution in [-0.4, -0.2) is 44.0 Å². The van der Waals surface area contributed by atoms with Crippen molar-refractivity contribution in [1.29, 1.82) is 0 Å². The first-order valence-electron chi connectivity index (χ1n) is 8.69. The average Bonchev–Trinajstić information content (AvgIpc) is 3.19. The zero-order valence-corrected chi connectivity index (χ0v) is 17.2. The second kappa shape index (κ2) is 8.18. The Morgan fingerprint density at radius 2 is 1.71 bits per heavy atom. The zero-order valence-electron chi connectivity index (χ0n) is 14.8. The highest BCUT2D eigenvalue weighted by atomic mass is 35.5. The monoisotopic (exact) mass is 435 g/mol. The van der Waals surface area contributed by atoms with Gasteiger partial charge in [0.15, 0.2) is 5.13 Å². The first kappa shape index (κ1) is 19.4. The molecule has 3 aromatic rings. The molecule has 2 heterocycles. The van der Waals surface area contributed by atoms with Crippen LogP contribution in [0.5, 0.6) is 0 Å². The number of nitrogens with zero attached hydrogens (tertiary/aromatic N) is 2. The molecule has 9 heteroatoms. The van der Waals surface area contributed by atoms with Gasteiger partial charge in [0.05, 0.1) is 23.8 Å². The topological polar surface area (TPSA) is 71.5 Å². The molecule has 1 aliphatic rings. The van der Waals surface area contributed by atoms with Crippen LogP contribution in [0.4, 0.5) is 10.8 Å². The van der Waals surface area contributed by atoms with Crippen LogP contribution in [0.2, 0.25) is 5.02 Å². The molecule has 0 unspecified atom stereocenters. The van der Waals surface area contributed by atoms with Crippen molar-refractivity contribution in [2.24, 2.45) is 0 Å². The van der Waals surface area contributed by atoms with E-state index in [-0.39, 0.29) is 4.90 Å². The quantitative estimate of drug-likeness (QED) is 0.649. The maximum absolute atomic E-state index is 12.7. The molecule has 0 saturated carbocycles. The summed E-state index contributed by atoms with van der Waals surface area (Å²) in [5, 5.41) is 6.60. The van der Waals surface area contributed by atoms with Crippen LogP contribution in [0.25, 0.3) is 11.3 Å². The van der Waals surface area contributed by atoms with Crippen molar-refractivity contribution >= 4 is 43.8 Å². The van der Waals surface area contributed by atoms with Gasteiger partial charge in [-0.2, -0.15) is 4.31 Å². The largest absolute Gasteiger partial charge is 0.379 e. The van der Waals surface area contributed by atoms with Crippen molar-refractivity contribution in [2.75, 3.05) is 31.6 Å². The lowest BCUT2D eigenvalue weighted by Crippen LogP contribution is -2.40. The zero-order chi connectivity index (χ0) is 19.6. The minimum Gasteiger partial charge on any atom is -0.379 e. The van der Waals surface area contributed by atoms with E-state index in [4.69, 9.17) is 16.3 Å². The Balaban J connectivity index is 1.49. The molecule has 1 N–H and O–H groups in total. The summed E-state index contributed by atoms with van der Waals surface area (Å²) in [6.07, 6.45) is 0. The van der Waals surface area contributed by atoms with Crippen LogP contribution < -0.4 is 5.32 Å². The SMILES string of the molecule is O=S(=O)(c1ccc(-c2csc(Nc3ccc(Cl)cc3)n2)cc1)N1CCOCC1. The summed E-state index contributed by atoms with van der Waals surface area (Å²) in [6.45, 7) is 1.63. The van der Waals surface area contributed by atoms with Crippen molar-refractivity contribution < 1.29 is 13.2 Å². The highest BCUT2D eigenvalue weighted by Crippen LogP contribution is 2.29. The van der Waals surface area contributed by atoms with Crippen molar-refractivity contribution in [3.63, 3.8) is 0 Å². The molecule has 0 amide bonds. The van der Waals surface area contributed by atoms with E-state index in [1.54, 1.807) is 24.3 Å². The van der Waals surface area contributed by atoms with Crippen molar-refractivity contribution in [3.05, 3.63) is 58.9 Å². The van der Waals surface area contributed by atoms with E-state index < -0.39 is 10.0 Å². The van der Waals surface area contributed by atoms with E-state index in [9.17, 15) is 8.42 Å². The average molecular weight is 436 g/mol. The molecular formula is C19H18ClN3O3S2. The number of nitrogens with one attached hydrogen (secondary N) is 1. The number of thiazole rings is 1. The van der Waals surface area contributed by atoms with E-state index in [0.717, 1.165) is 22.1 Å². The van der Waals surface area contributed by atoms with Crippen LogP contribution in [0, 0.1) is 0 Å². The molecule has 2 aromatic carbocycles. The number of hydrogen-bond acceptors (Lipinski definition) is 6. The number of benzene rings is 2. The van der Waals surface area contributed by atoms with Gasteiger partial charge in [0.2, 0.25) is 10.0 Å². The van der Waals surface area contributed by atoms with E-state index in [1.165, 1.54) is 15.6 Å². The molecule has 4 rings (SSSR count). The lowest BCUT2D eigenvalue weighted by molar-refractivity contribution is 0.0730. The van der Waals surface area contributed by atoms with E-state index in [1.807, 2.05) is 29.6 Å². The van der Waals surface area contributed by atoms with Crippen molar-refractivity contribution in [2.45, 2.75) is 4.90 Å². The smallest absolute Gasteiger partial charge is 0.243 e. The second-order valence-electron chi connectivity index (χ2n) is 6.21. The Labute approximate surface area is 172 Å². The van der Waals surface area contributed by atoms with Gasteiger partial charge in [-0.1, -0.05) is 23.7 Å². The lowest BCUT2D eigenvalue weighted by atomic mass is 10.2. The summed E-state index contributed by atoms with van der Waals surface area (Å²) in [4.78, 5) is 4.86. The highest BCUT2D eigenvalue weighted by molar-refractivity contribution is 7.89. The highest BCUT2D eigenvalue weighted by Gasteiger charge is 2.26. The maximum atomic E-state index is 12.7. The number of aromatic nitrogens is 1. The van der Waals surface area contributed by atoms with Gasteiger partial charge in [-0.25, -0.2) is 13.4 Å². The predicted octanol–water partition coefficient (Wildman–Crippen LogP) is 4.23. The molecule has 1 aliphatic heterocycles. The number of sulfonamides is 1. The van der Waals surface area contributed by atoms with Gasteiger partial charge >= 0.3 is 0 Å². The molecular weight excluding hydrogens is 418 g/mol. The van der Waals surface area contributed by atoms with Gasteiger partial charge in [-0.15, -0.1) is 11.3 Å². The molecule has 6 nitrogen and oxygen atoms in total. The Hall–Kier alpha value is -1.97.